The van der Waals surface area contributed by atoms with Crippen molar-refractivity contribution in [1.29, 1.82) is 0 Å². The lowest BCUT2D eigenvalue weighted by Gasteiger charge is -2.29. The van der Waals surface area contributed by atoms with Gasteiger partial charge in [-0.15, -0.1) is 0 Å². The van der Waals surface area contributed by atoms with Crippen molar-refractivity contribution in [1.82, 2.24) is 14.1 Å². The third kappa shape index (κ3) is 2.36. The van der Waals surface area contributed by atoms with Gasteiger partial charge in [-0.25, -0.2) is 8.42 Å². The Morgan fingerprint density at radius 2 is 2.35 bits per heavy atom. The molecule has 0 bridgehead atoms. The third-order valence-corrected chi connectivity index (χ3v) is 4.89. The quantitative estimate of drug-likeness (QED) is 0.828. The van der Waals surface area contributed by atoms with Gasteiger partial charge in [-0.05, 0) is 25.8 Å². The number of hydrogen-bond donors (Lipinski definition) is 1. The lowest BCUT2D eigenvalue weighted by atomic mass is 10.1. The Kier molecular flexibility index (Phi) is 3.50. The fourth-order valence-electron chi connectivity index (χ4n) is 2.10. The van der Waals surface area contributed by atoms with E-state index in [9.17, 15) is 8.42 Å². The molecule has 1 aliphatic rings. The summed E-state index contributed by atoms with van der Waals surface area (Å²) in [7, 11) is -3.44. The van der Waals surface area contributed by atoms with Crippen LogP contribution in [0, 0.1) is 0 Å². The molecule has 0 amide bonds. The van der Waals surface area contributed by atoms with Crippen LogP contribution < -0.4 is 5.73 Å². The summed E-state index contributed by atoms with van der Waals surface area (Å²) in [5.74, 6) is 0. The molecular weight excluding hydrogens is 240 g/mol. The van der Waals surface area contributed by atoms with Gasteiger partial charge in [0, 0.05) is 25.7 Å². The van der Waals surface area contributed by atoms with E-state index in [4.69, 9.17) is 5.73 Å². The third-order valence-electron chi connectivity index (χ3n) is 3.00. The molecule has 96 valence electrons. The molecule has 7 heteroatoms. The zero-order valence-electron chi connectivity index (χ0n) is 9.91. The molecule has 2 heterocycles. The zero-order valence-corrected chi connectivity index (χ0v) is 10.7. The van der Waals surface area contributed by atoms with Crippen molar-refractivity contribution >= 4 is 10.0 Å². The van der Waals surface area contributed by atoms with Crippen LogP contribution >= 0.6 is 0 Å². The maximum atomic E-state index is 12.4. The maximum Gasteiger partial charge on any atom is 0.260 e. The molecule has 1 atom stereocenters. The fourth-order valence-corrected chi connectivity index (χ4v) is 3.80. The smallest absolute Gasteiger partial charge is 0.260 e. The van der Waals surface area contributed by atoms with Crippen LogP contribution in [0.25, 0.3) is 0 Å². The number of sulfonamides is 1. The number of hydrogen-bond acceptors (Lipinski definition) is 4. The summed E-state index contributed by atoms with van der Waals surface area (Å²) in [5, 5.41) is 4.25. The molecule has 1 aromatic rings. The first-order valence-corrected chi connectivity index (χ1v) is 7.27. The summed E-state index contributed by atoms with van der Waals surface area (Å²) in [6, 6.07) is 1.48. The van der Waals surface area contributed by atoms with Crippen molar-refractivity contribution in [2.24, 2.45) is 5.73 Å². The first-order chi connectivity index (χ1) is 8.05. The number of aryl methyl sites for hydroxylation is 1. The Morgan fingerprint density at radius 1 is 1.59 bits per heavy atom. The Labute approximate surface area is 101 Å². The minimum Gasteiger partial charge on any atom is -0.327 e. The SMILES string of the molecule is CCn1nccc1S(=O)(=O)N1CCCC(N)C1. The molecule has 0 aromatic carbocycles. The molecule has 0 aliphatic carbocycles. The van der Waals surface area contributed by atoms with E-state index in [1.807, 2.05) is 6.92 Å². The molecule has 1 fully saturated rings. The van der Waals surface area contributed by atoms with E-state index in [1.54, 1.807) is 6.07 Å². The van der Waals surface area contributed by atoms with Crippen molar-refractivity contribution < 1.29 is 8.42 Å². The van der Waals surface area contributed by atoms with Gasteiger partial charge in [0.05, 0.1) is 6.20 Å². The van der Waals surface area contributed by atoms with Crippen molar-refractivity contribution in [3.63, 3.8) is 0 Å². The minimum atomic E-state index is -3.44. The van der Waals surface area contributed by atoms with Crippen LogP contribution in [0.15, 0.2) is 17.3 Å². The highest BCUT2D eigenvalue weighted by molar-refractivity contribution is 7.89. The van der Waals surface area contributed by atoms with E-state index >= 15 is 0 Å². The highest BCUT2D eigenvalue weighted by Crippen LogP contribution is 2.19. The second-order valence-electron chi connectivity index (χ2n) is 4.25. The molecule has 6 nitrogen and oxygen atoms in total. The Bertz CT molecular complexity index is 482. The zero-order chi connectivity index (χ0) is 12.5. The Morgan fingerprint density at radius 3 is 3.00 bits per heavy atom. The first-order valence-electron chi connectivity index (χ1n) is 5.83. The van der Waals surface area contributed by atoms with Crippen LogP contribution in [-0.4, -0.2) is 41.6 Å². The van der Waals surface area contributed by atoms with E-state index in [-0.39, 0.29) is 11.1 Å². The maximum absolute atomic E-state index is 12.4. The predicted molar refractivity (Wildman–Crippen MR) is 63.9 cm³/mol. The molecule has 2 N–H and O–H groups in total. The van der Waals surface area contributed by atoms with Crippen LogP contribution in [0.3, 0.4) is 0 Å². The number of nitrogens with zero attached hydrogens (tertiary/aromatic N) is 3. The topological polar surface area (TPSA) is 81.2 Å². The number of piperidine rings is 1. The monoisotopic (exact) mass is 258 g/mol. The van der Waals surface area contributed by atoms with E-state index in [2.05, 4.69) is 5.10 Å². The van der Waals surface area contributed by atoms with Crippen molar-refractivity contribution in [2.75, 3.05) is 13.1 Å². The van der Waals surface area contributed by atoms with Crippen LogP contribution in [0.2, 0.25) is 0 Å². The Balaban J connectivity index is 2.30. The molecule has 0 saturated carbocycles. The summed E-state index contributed by atoms with van der Waals surface area (Å²) >= 11 is 0. The standard InChI is InChI=1S/C10H18N4O2S/c1-2-14-10(5-6-12-14)17(15,16)13-7-3-4-9(11)8-13/h5-6,9H,2-4,7-8,11H2,1H3. The first kappa shape index (κ1) is 12.5. The average Bonchev–Trinajstić information content (AvgIpc) is 2.77. The van der Waals surface area contributed by atoms with Gasteiger partial charge < -0.3 is 5.73 Å². The summed E-state index contributed by atoms with van der Waals surface area (Å²) in [6.07, 6.45) is 3.22. The molecule has 0 spiro atoms. The summed E-state index contributed by atoms with van der Waals surface area (Å²) in [5.41, 5.74) is 5.82. The van der Waals surface area contributed by atoms with Crippen molar-refractivity contribution in [3.8, 4) is 0 Å². The van der Waals surface area contributed by atoms with Gasteiger partial charge in [0.15, 0.2) is 5.03 Å². The van der Waals surface area contributed by atoms with E-state index < -0.39 is 10.0 Å². The van der Waals surface area contributed by atoms with Gasteiger partial charge in [0.2, 0.25) is 0 Å². The Hall–Kier alpha value is -0.920. The van der Waals surface area contributed by atoms with Crippen molar-refractivity contribution in [2.45, 2.75) is 37.4 Å². The lowest BCUT2D eigenvalue weighted by molar-refractivity contribution is 0.313. The molecule has 1 aliphatic heterocycles. The van der Waals surface area contributed by atoms with Crippen molar-refractivity contribution in [3.05, 3.63) is 12.3 Å². The highest BCUT2D eigenvalue weighted by Gasteiger charge is 2.30. The lowest BCUT2D eigenvalue weighted by Crippen LogP contribution is -2.46. The molecule has 1 unspecified atom stereocenters. The van der Waals surface area contributed by atoms with E-state index in [0.717, 1.165) is 12.8 Å². The molecule has 17 heavy (non-hydrogen) atoms. The largest absolute Gasteiger partial charge is 0.327 e. The number of nitrogens with two attached hydrogens (primary N) is 1. The van der Waals surface area contributed by atoms with E-state index in [0.29, 0.717) is 19.6 Å². The van der Waals surface area contributed by atoms with Crippen LogP contribution in [0.5, 0.6) is 0 Å². The van der Waals surface area contributed by atoms with Gasteiger partial charge >= 0.3 is 0 Å². The van der Waals surface area contributed by atoms with Gasteiger partial charge in [0.25, 0.3) is 10.0 Å². The van der Waals surface area contributed by atoms with Crippen LogP contribution in [-0.2, 0) is 16.6 Å². The number of rotatable bonds is 3. The molecule has 1 aromatic heterocycles. The fraction of sp³-hybridized carbons (Fsp3) is 0.700. The molecule has 2 rings (SSSR count). The minimum absolute atomic E-state index is 0.0588. The van der Waals surface area contributed by atoms with Crippen LogP contribution in [0.4, 0.5) is 0 Å². The predicted octanol–water partition coefficient (Wildman–Crippen LogP) is 0.0148. The van der Waals surface area contributed by atoms with Gasteiger partial charge in [-0.2, -0.15) is 9.40 Å². The summed E-state index contributed by atoms with van der Waals surface area (Å²) < 4.78 is 27.7. The van der Waals surface area contributed by atoms with Gasteiger partial charge in [0.1, 0.15) is 0 Å². The second kappa shape index (κ2) is 4.75. The summed E-state index contributed by atoms with van der Waals surface area (Å²) in [4.78, 5) is 0. The second-order valence-corrected chi connectivity index (χ2v) is 6.14. The number of aromatic nitrogens is 2. The molecule has 1 saturated heterocycles. The molecule has 0 radical (unpaired) electrons. The normalized spacial score (nSPS) is 22.8. The van der Waals surface area contributed by atoms with E-state index in [1.165, 1.54) is 15.2 Å². The average molecular weight is 258 g/mol. The van der Waals surface area contributed by atoms with Gasteiger partial charge in [-0.1, -0.05) is 0 Å². The van der Waals surface area contributed by atoms with Crippen LogP contribution in [0.1, 0.15) is 19.8 Å². The highest BCUT2D eigenvalue weighted by atomic mass is 32.2. The van der Waals surface area contributed by atoms with Gasteiger partial charge in [-0.3, -0.25) is 4.68 Å². The summed E-state index contributed by atoms with van der Waals surface area (Å²) in [6.45, 7) is 3.36. The molecular formula is C10H18N4O2S.